The molecule has 1 heterocycles. The normalized spacial score (nSPS) is 20.5. The number of halogens is 3. The zero-order chi connectivity index (χ0) is 14.9. The fourth-order valence-electron chi connectivity index (χ4n) is 2.65. The minimum Gasteiger partial charge on any atom is -0.399 e. The maximum atomic E-state index is 13.1. The number of nitrogen functional groups attached to an aromatic ring is 1. The molecule has 1 unspecified atom stereocenters. The molecular weight excluding hydrogens is 267 g/mol. The zero-order valence-corrected chi connectivity index (χ0v) is 11.7. The number of likely N-dealkylation sites (N-methyl/N-ethyl adjacent to an activating group) is 1. The highest BCUT2D eigenvalue weighted by Gasteiger charge is 2.36. The molecule has 1 aromatic carbocycles. The number of benzene rings is 1. The molecular formula is C14H20F3N3. The SMILES string of the molecule is CN(C)C1CCCN(c2cc(N)ccc2C(F)(F)F)C1. The molecule has 2 rings (SSSR count). The van der Waals surface area contributed by atoms with Crippen LogP contribution in [0.5, 0.6) is 0 Å². The molecule has 3 nitrogen and oxygen atoms in total. The Bertz CT molecular complexity index is 471. The Hall–Kier alpha value is -1.43. The number of hydrogen-bond acceptors (Lipinski definition) is 3. The van der Waals surface area contributed by atoms with Gasteiger partial charge in [-0.1, -0.05) is 0 Å². The lowest BCUT2D eigenvalue weighted by molar-refractivity contribution is -0.137. The van der Waals surface area contributed by atoms with Crippen molar-refractivity contribution in [3.05, 3.63) is 23.8 Å². The first-order valence-electron chi connectivity index (χ1n) is 6.67. The van der Waals surface area contributed by atoms with Gasteiger partial charge in [0.05, 0.1) is 11.3 Å². The van der Waals surface area contributed by atoms with E-state index < -0.39 is 11.7 Å². The molecule has 1 atom stereocenters. The van der Waals surface area contributed by atoms with E-state index in [-0.39, 0.29) is 11.7 Å². The van der Waals surface area contributed by atoms with Gasteiger partial charge >= 0.3 is 6.18 Å². The van der Waals surface area contributed by atoms with Crippen LogP contribution in [0.1, 0.15) is 18.4 Å². The molecule has 0 saturated carbocycles. The van der Waals surface area contributed by atoms with Crippen LogP contribution in [0.25, 0.3) is 0 Å². The van der Waals surface area contributed by atoms with E-state index in [0.29, 0.717) is 18.8 Å². The Morgan fingerprint density at radius 3 is 2.60 bits per heavy atom. The van der Waals surface area contributed by atoms with Crippen molar-refractivity contribution in [3.63, 3.8) is 0 Å². The van der Waals surface area contributed by atoms with E-state index in [0.717, 1.165) is 18.9 Å². The second-order valence-corrected chi connectivity index (χ2v) is 5.48. The highest BCUT2D eigenvalue weighted by atomic mass is 19.4. The van der Waals surface area contributed by atoms with Gasteiger partial charge in [-0.15, -0.1) is 0 Å². The number of hydrogen-bond donors (Lipinski definition) is 1. The third kappa shape index (κ3) is 3.17. The van der Waals surface area contributed by atoms with Gasteiger partial charge in [0.2, 0.25) is 0 Å². The molecule has 112 valence electrons. The summed E-state index contributed by atoms with van der Waals surface area (Å²) in [5, 5.41) is 0. The van der Waals surface area contributed by atoms with E-state index in [1.807, 2.05) is 14.1 Å². The van der Waals surface area contributed by atoms with E-state index in [9.17, 15) is 13.2 Å². The Morgan fingerprint density at radius 1 is 1.30 bits per heavy atom. The standard InChI is InChI=1S/C14H20F3N3/c1-19(2)11-4-3-7-20(9-11)13-8-10(18)5-6-12(13)14(15,16)17/h5-6,8,11H,3-4,7,9,18H2,1-2H3. The van der Waals surface area contributed by atoms with Crippen molar-refractivity contribution < 1.29 is 13.2 Å². The molecule has 1 saturated heterocycles. The Labute approximate surface area is 117 Å². The predicted octanol–water partition coefficient (Wildman–Crippen LogP) is 2.82. The first kappa shape index (κ1) is 15.0. The van der Waals surface area contributed by atoms with Gasteiger partial charge in [-0.05, 0) is 45.1 Å². The van der Waals surface area contributed by atoms with E-state index in [4.69, 9.17) is 5.73 Å². The smallest absolute Gasteiger partial charge is 0.399 e. The first-order chi connectivity index (χ1) is 9.29. The fraction of sp³-hybridized carbons (Fsp3) is 0.571. The van der Waals surface area contributed by atoms with E-state index in [1.54, 1.807) is 4.90 Å². The van der Waals surface area contributed by atoms with Gasteiger partial charge in [-0.2, -0.15) is 13.2 Å². The molecule has 0 aliphatic carbocycles. The molecule has 0 amide bonds. The van der Waals surface area contributed by atoms with Gasteiger partial charge in [-0.25, -0.2) is 0 Å². The summed E-state index contributed by atoms with van der Waals surface area (Å²) >= 11 is 0. The van der Waals surface area contributed by atoms with Crippen molar-refractivity contribution in [2.75, 3.05) is 37.8 Å². The first-order valence-corrected chi connectivity index (χ1v) is 6.67. The quantitative estimate of drug-likeness (QED) is 0.849. The summed E-state index contributed by atoms with van der Waals surface area (Å²) in [6, 6.07) is 4.08. The number of rotatable bonds is 2. The summed E-state index contributed by atoms with van der Waals surface area (Å²) in [7, 11) is 3.91. The van der Waals surface area contributed by atoms with Crippen molar-refractivity contribution >= 4 is 11.4 Å². The summed E-state index contributed by atoms with van der Waals surface area (Å²) in [5.74, 6) is 0. The van der Waals surface area contributed by atoms with Crippen LogP contribution in [0.4, 0.5) is 24.5 Å². The third-order valence-electron chi connectivity index (χ3n) is 3.79. The minimum absolute atomic E-state index is 0.198. The second-order valence-electron chi connectivity index (χ2n) is 5.48. The second kappa shape index (κ2) is 5.52. The van der Waals surface area contributed by atoms with Crippen LogP contribution in [0, 0.1) is 0 Å². The molecule has 1 aliphatic rings. The lowest BCUT2D eigenvalue weighted by Crippen LogP contribution is -2.45. The predicted molar refractivity (Wildman–Crippen MR) is 74.8 cm³/mol. The number of alkyl halides is 3. The monoisotopic (exact) mass is 287 g/mol. The van der Waals surface area contributed by atoms with Crippen LogP contribution < -0.4 is 10.6 Å². The van der Waals surface area contributed by atoms with Crippen LogP contribution in [0.3, 0.4) is 0 Å². The van der Waals surface area contributed by atoms with Crippen LogP contribution in [0.15, 0.2) is 18.2 Å². The summed E-state index contributed by atoms with van der Waals surface area (Å²) in [4.78, 5) is 3.86. The molecule has 0 bridgehead atoms. The lowest BCUT2D eigenvalue weighted by atomic mass is 10.0. The average Bonchev–Trinajstić information content (AvgIpc) is 2.37. The van der Waals surface area contributed by atoms with Gasteiger partial charge < -0.3 is 15.5 Å². The molecule has 0 aromatic heterocycles. The van der Waals surface area contributed by atoms with Crippen molar-refractivity contribution in [2.24, 2.45) is 0 Å². The van der Waals surface area contributed by atoms with Gasteiger partial charge in [0, 0.05) is 24.8 Å². The Balaban J connectivity index is 2.33. The molecule has 0 radical (unpaired) electrons. The topological polar surface area (TPSA) is 32.5 Å². The maximum Gasteiger partial charge on any atom is 0.418 e. The molecule has 1 fully saturated rings. The molecule has 1 aliphatic heterocycles. The number of nitrogens with two attached hydrogens (primary N) is 1. The number of anilines is 2. The summed E-state index contributed by atoms with van der Waals surface area (Å²) < 4.78 is 39.3. The lowest BCUT2D eigenvalue weighted by Gasteiger charge is -2.38. The highest BCUT2D eigenvalue weighted by Crippen LogP contribution is 2.38. The van der Waals surface area contributed by atoms with Crippen molar-refractivity contribution in [1.82, 2.24) is 4.90 Å². The van der Waals surface area contributed by atoms with Crippen LogP contribution in [-0.2, 0) is 6.18 Å². The van der Waals surface area contributed by atoms with Crippen molar-refractivity contribution in [1.29, 1.82) is 0 Å². The van der Waals surface area contributed by atoms with Crippen molar-refractivity contribution in [3.8, 4) is 0 Å². The molecule has 0 spiro atoms. The van der Waals surface area contributed by atoms with Gasteiger partial charge in [0.15, 0.2) is 0 Å². The summed E-state index contributed by atoms with van der Waals surface area (Å²) in [6.45, 7) is 1.23. The van der Waals surface area contributed by atoms with Gasteiger partial charge in [-0.3, -0.25) is 0 Å². The molecule has 2 N–H and O–H groups in total. The van der Waals surface area contributed by atoms with Crippen LogP contribution in [0.2, 0.25) is 0 Å². The molecule has 20 heavy (non-hydrogen) atoms. The van der Waals surface area contributed by atoms with Gasteiger partial charge in [0.1, 0.15) is 0 Å². The largest absolute Gasteiger partial charge is 0.418 e. The van der Waals surface area contributed by atoms with Crippen LogP contribution in [-0.4, -0.2) is 38.1 Å². The van der Waals surface area contributed by atoms with E-state index >= 15 is 0 Å². The fourth-order valence-corrected chi connectivity index (χ4v) is 2.65. The zero-order valence-electron chi connectivity index (χ0n) is 11.7. The van der Waals surface area contributed by atoms with E-state index in [2.05, 4.69) is 4.90 Å². The summed E-state index contributed by atoms with van der Waals surface area (Å²) in [5.41, 5.74) is 5.62. The highest BCUT2D eigenvalue weighted by molar-refractivity contribution is 5.62. The van der Waals surface area contributed by atoms with Crippen LogP contribution >= 0.6 is 0 Å². The van der Waals surface area contributed by atoms with E-state index in [1.165, 1.54) is 12.1 Å². The Kier molecular flexibility index (Phi) is 4.13. The van der Waals surface area contributed by atoms with Crippen molar-refractivity contribution in [2.45, 2.75) is 25.1 Å². The minimum atomic E-state index is -4.35. The molecule has 1 aromatic rings. The number of piperidine rings is 1. The number of nitrogens with zero attached hydrogens (tertiary/aromatic N) is 2. The molecule has 6 heteroatoms. The van der Waals surface area contributed by atoms with Gasteiger partial charge in [0.25, 0.3) is 0 Å². The Morgan fingerprint density at radius 2 is 2.00 bits per heavy atom. The summed E-state index contributed by atoms with van der Waals surface area (Å²) in [6.07, 6.45) is -2.46. The average molecular weight is 287 g/mol. The third-order valence-corrected chi connectivity index (χ3v) is 3.79. The maximum absolute atomic E-state index is 13.1.